The number of aliphatic hydroxyl groups excluding tert-OH is 1. The Morgan fingerprint density at radius 1 is 1.30 bits per heavy atom. The van der Waals surface area contributed by atoms with Crippen molar-refractivity contribution in [1.82, 2.24) is 10.2 Å². The highest BCUT2D eigenvalue weighted by Crippen LogP contribution is 2.31. The number of hydrogen-bond donors (Lipinski definition) is 3. The first-order valence-corrected chi connectivity index (χ1v) is 11.1. The molecule has 2 aliphatic rings. The zero-order chi connectivity index (χ0) is 21.7. The molecule has 1 heterocycles. The molecule has 2 amide bonds. The van der Waals surface area contributed by atoms with Crippen LogP contribution in [-0.4, -0.2) is 60.7 Å². The molecule has 30 heavy (non-hydrogen) atoms. The third kappa shape index (κ3) is 5.13. The van der Waals surface area contributed by atoms with Gasteiger partial charge in [0.1, 0.15) is 11.9 Å². The lowest BCUT2D eigenvalue weighted by molar-refractivity contribution is -0.120. The minimum Gasteiger partial charge on any atom is -0.488 e. The van der Waals surface area contributed by atoms with E-state index < -0.39 is 0 Å². The van der Waals surface area contributed by atoms with Crippen LogP contribution in [0.25, 0.3) is 0 Å². The summed E-state index contributed by atoms with van der Waals surface area (Å²) < 4.78 is 6.21. The summed E-state index contributed by atoms with van der Waals surface area (Å²) in [6.45, 7) is 4.93. The monoisotopic (exact) mass is 417 g/mol. The number of anilines is 1. The highest BCUT2D eigenvalue weighted by Gasteiger charge is 2.33. The van der Waals surface area contributed by atoms with Crippen molar-refractivity contribution >= 4 is 17.5 Å². The number of carbonyl (C=O) groups is 2. The fourth-order valence-electron chi connectivity index (χ4n) is 4.35. The van der Waals surface area contributed by atoms with Gasteiger partial charge in [0, 0.05) is 30.6 Å². The lowest BCUT2D eigenvalue weighted by Crippen LogP contribution is -2.49. The van der Waals surface area contributed by atoms with Crippen molar-refractivity contribution < 1.29 is 19.4 Å². The van der Waals surface area contributed by atoms with E-state index in [4.69, 9.17) is 4.74 Å². The van der Waals surface area contributed by atoms with Crippen molar-refractivity contribution in [3.63, 3.8) is 0 Å². The molecule has 3 N–H and O–H groups in total. The average molecular weight is 418 g/mol. The maximum absolute atomic E-state index is 13.3. The van der Waals surface area contributed by atoms with Gasteiger partial charge in [-0.2, -0.15) is 0 Å². The minimum atomic E-state index is -0.304. The van der Waals surface area contributed by atoms with Crippen LogP contribution in [0.4, 0.5) is 5.69 Å². The number of rotatable bonds is 6. The van der Waals surface area contributed by atoms with Gasteiger partial charge in [-0.25, -0.2) is 0 Å². The molecule has 0 aromatic heterocycles. The van der Waals surface area contributed by atoms with Gasteiger partial charge in [-0.15, -0.1) is 0 Å². The molecular formula is C23H35N3O4. The summed E-state index contributed by atoms with van der Waals surface area (Å²) in [5.41, 5.74) is 1.03. The summed E-state index contributed by atoms with van der Waals surface area (Å²) in [6.07, 6.45) is 5.10. The second kappa shape index (κ2) is 10.3. The van der Waals surface area contributed by atoms with Gasteiger partial charge in [0.25, 0.3) is 5.91 Å². The molecule has 1 aromatic carbocycles. The predicted octanol–water partition coefficient (Wildman–Crippen LogP) is 2.64. The first-order chi connectivity index (χ1) is 14.4. The van der Waals surface area contributed by atoms with Crippen LogP contribution in [0, 0.1) is 11.8 Å². The van der Waals surface area contributed by atoms with Crippen molar-refractivity contribution in [3.8, 4) is 5.75 Å². The zero-order valence-electron chi connectivity index (χ0n) is 18.3. The second-order valence-corrected chi connectivity index (χ2v) is 8.72. The van der Waals surface area contributed by atoms with E-state index in [0.717, 1.165) is 25.7 Å². The van der Waals surface area contributed by atoms with E-state index >= 15 is 0 Å². The Morgan fingerprint density at radius 2 is 2.03 bits per heavy atom. The van der Waals surface area contributed by atoms with E-state index in [1.165, 1.54) is 6.42 Å². The number of nitrogens with one attached hydrogen (secondary N) is 2. The summed E-state index contributed by atoms with van der Waals surface area (Å²) in [6, 6.07) is 4.98. The third-order valence-electron chi connectivity index (χ3n) is 6.31. The maximum Gasteiger partial charge on any atom is 0.258 e. The Hall–Kier alpha value is -2.12. The molecule has 7 nitrogen and oxygen atoms in total. The lowest BCUT2D eigenvalue weighted by Gasteiger charge is -2.37. The molecule has 1 fully saturated rings. The normalized spacial score (nSPS) is 23.7. The number of benzene rings is 1. The standard InChI is InChI=1S/C23H35N3O4/c1-15-13-26(16(2)14-27)23(29)19-11-18(9-10-20(19)30-21(15)12-24-3)25-22(28)17-7-5-4-6-8-17/h9-11,15-17,21,24,27H,4-8,12-14H2,1-3H3,(H,25,28). The molecule has 0 spiro atoms. The molecule has 0 bridgehead atoms. The highest BCUT2D eigenvalue weighted by molar-refractivity contribution is 6.00. The fraction of sp³-hybridized carbons (Fsp3) is 0.652. The van der Waals surface area contributed by atoms with Gasteiger partial charge >= 0.3 is 0 Å². The molecule has 3 atom stereocenters. The molecule has 3 unspecified atom stereocenters. The fourth-order valence-corrected chi connectivity index (χ4v) is 4.35. The summed E-state index contributed by atoms with van der Waals surface area (Å²) in [4.78, 5) is 27.7. The topological polar surface area (TPSA) is 90.9 Å². The predicted molar refractivity (Wildman–Crippen MR) is 117 cm³/mol. The van der Waals surface area contributed by atoms with Crippen LogP contribution in [0.15, 0.2) is 18.2 Å². The van der Waals surface area contributed by atoms with E-state index in [9.17, 15) is 14.7 Å². The summed E-state index contributed by atoms with van der Waals surface area (Å²) >= 11 is 0. The number of ether oxygens (including phenoxy) is 1. The van der Waals surface area contributed by atoms with E-state index in [0.29, 0.717) is 30.1 Å². The number of likely N-dealkylation sites (N-methyl/N-ethyl adjacent to an activating group) is 1. The van der Waals surface area contributed by atoms with Crippen LogP contribution in [-0.2, 0) is 4.79 Å². The van der Waals surface area contributed by atoms with Gasteiger partial charge in [-0.3, -0.25) is 9.59 Å². The first kappa shape index (κ1) is 22.6. The Morgan fingerprint density at radius 3 is 2.70 bits per heavy atom. The highest BCUT2D eigenvalue weighted by atomic mass is 16.5. The van der Waals surface area contributed by atoms with Crippen LogP contribution < -0.4 is 15.4 Å². The van der Waals surface area contributed by atoms with Gasteiger partial charge < -0.3 is 25.4 Å². The van der Waals surface area contributed by atoms with Crippen molar-refractivity contribution in [2.24, 2.45) is 11.8 Å². The molecular weight excluding hydrogens is 382 g/mol. The number of hydrogen-bond acceptors (Lipinski definition) is 5. The summed E-state index contributed by atoms with van der Waals surface area (Å²) in [7, 11) is 1.87. The number of carbonyl (C=O) groups excluding carboxylic acids is 2. The van der Waals surface area contributed by atoms with E-state index in [2.05, 4.69) is 17.6 Å². The maximum atomic E-state index is 13.3. The average Bonchev–Trinajstić information content (AvgIpc) is 2.76. The Bertz CT molecular complexity index is 748. The molecule has 7 heteroatoms. The smallest absolute Gasteiger partial charge is 0.258 e. The van der Waals surface area contributed by atoms with E-state index in [1.807, 2.05) is 14.0 Å². The number of fused-ring (bicyclic) bond motifs is 1. The molecule has 1 aromatic rings. The van der Waals surface area contributed by atoms with E-state index in [1.54, 1.807) is 23.1 Å². The van der Waals surface area contributed by atoms with Gasteiger partial charge in [0.2, 0.25) is 5.91 Å². The van der Waals surface area contributed by atoms with E-state index in [-0.39, 0.29) is 42.4 Å². The largest absolute Gasteiger partial charge is 0.488 e. The summed E-state index contributed by atoms with van der Waals surface area (Å²) in [5.74, 6) is 0.484. The first-order valence-electron chi connectivity index (χ1n) is 11.1. The van der Waals surface area contributed by atoms with Crippen LogP contribution in [0.3, 0.4) is 0 Å². The second-order valence-electron chi connectivity index (χ2n) is 8.72. The quantitative estimate of drug-likeness (QED) is 0.662. The number of aliphatic hydroxyl groups is 1. The molecule has 0 radical (unpaired) electrons. The van der Waals surface area contributed by atoms with Gasteiger partial charge in [0.05, 0.1) is 18.2 Å². The van der Waals surface area contributed by atoms with Crippen LogP contribution in [0.2, 0.25) is 0 Å². The van der Waals surface area contributed by atoms with Crippen LogP contribution >= 0.6 is 0 Å². The zero-order valence-corrected chi connectivity index (χ0v) is 18.3. The van der Waals surface area contributed by atoms with Crippen molar-refractivity contribution in [2.75, 3.05) is 32.1 Å². The summed E-state index contributed by atoms with van der Waals surface area (Å²) in [5, 5.41) is 15.8. The Labute approximate surface area is 179 Å². The molecule has 166 valence electrons. The molecule has 3 rings (SSSR count). The van der Waals surface area contributed by atoms with Gasteiger partial charge in [-0.05, 0) is 45.0 Å². The Kier molecular flexibility index (Phi) is 7.72. The van der Waals surface area contributed by atoms with Gasteiger partial charge in [-0.1, -0.05) is 26.2 Å². The number of amides is 2. The van der Waals surface area contributed by atoms with Gasteiger partial charge in [0.15, 0.2) is 0 Å². The van der Waals surface area contributed by atoms with Crippen molar-refractivity contribution in [2.45, 2.75) is 58.1 Å². The van der Waals surface area contributed by atoms with Crippen LogP contribution in [0.1, 0.15) is 56.3 Å². The Balaban J connectivity index is 1.89. The molecule has 1 aliphatic carbocycles. The SMILES string of the molecule is CNCC1Oc2ccc(NC(=O)C3CCCCC3)cc2C(=O)N(C(C)CO)CC1C. The number of nitrogens with zero attached hydrogens (tertiary/aromatic N) is 1. The van der Waals surface area contributed by atoms with Crippen LogP contribution in [0.5, 0.6) is 5.75 Å². The van der Waals surface area contributed by atoms with Crippen molar-refractivity contribution in [1.29, 1.82) is 0 Å². The molecule has 1 aliphatic heterocycles. The minimum absolute atomic E-state index is 0.0242. The molecule has 1 saturated carbocycles. The molecule has 0 saturated heterocycles. The van der Waals surface area contributed by atoms with Crippen molar-refractivity contribution in [3.05, 3.63) is 23.8 Å². The lowest BCUT2D eigenvalue weighted by atomic mass is 9.88. The third-order valence-corrected chi connectivity index (χ3v) is 6.31.